The molecule has 0 aliphatic carbocycles. The van der Waals surface area contributed by atoms with Crippen molar-refractivity contribution < 1.29 is 13.9 Å². The first-order valence-electron chi connectivity index (χ1n) is 7.22. The second-order valence-corrected chi connectivity index (χ2v) is 5.03. The molecule has 1 heterocycles. The molecule has 0 aliphatic heterocycles. The highest BCUT2D eigenvalue weighted by atomic mass is 19.1. The zero-order valence-electron chi connectivity index (χ0n) is 12.7. The Morgan fingerprint density at radius 3 is 2.43 bits per heavy atom. The van der Waals surface area contributed by atoms with E-state index in [1.807, 2.05) is 30.3 Å². The van der Waals surface area contributed by atoms with Crippen molar-refractivity contribution in [3.63, 3.8) is 0 Å². The smallest absolute Gasteiger partial charge is 0.131 e. The van der Waals surface area contributed by atoms with Crippen molar-refractivity contribution in [1.29, 1.82) is 0 Å². The predicted octanol–water partition coefficient (Wildman–Crippen LogP) is 4.48. The van der Waals surface area contributed by atoms with E-state index >= 15 is 0 Å². The number of nitrogens with zero attached hydrogens (tertiary/aromatic N) is 1. The van der Waals surface area contributed by atoms with Crippen LogP contribution in [0.25, 0.3) is 11.1 Å². The zero-order valence-corrected chi connectivity index (χ0v) is 12.7. The predicted molar refractivity (Wildman–Crippen MR) is 87.0 cm³/mol. The normalized spacial score (nSPS) is 10.3. The average molecular weight is 309 g/mol. The van der Waals surface area contributed by atoms with Crippen LogP contribution in [-0.2, 0) is 6.61 Å². The lowest BCUT2D eigenvalue weighted by atomic mass is 10.1. The van der Waals surface area contributed by atoms with E-state index in [4.69, 9.17) is 9.47 Å². The Labute approximate surface area is 134 Å². The molecule has 23 heavy (non-hydrogen) atoms. The van der Waals surface area contributed by atoms with E-state index in [-0.39, 0.29) is 5.82 Å². The minimum Gasteiger partial charge on any atom is -0.497 e. The van der Waals surface area contributed by atoms with Gasteiger partial charge >= 0.3 is 0 Å². The van der Waals surface area contributed by atoms with Gasteiger partial charge in [0.25, 0.3) is 0 Å². The quantitative estimate of drug-likeness (QED) is 0.696. The van der Waals surface area contributed by atoms with E-state index < -0.39 is 0 Å². The van der Waals surface area contributed by atoms with Gasteiger partial charge in [-0.1, -0.05) is 18.2 Å². The van der Waals surface area contributed by atoms with Crippen LogP contribution in [0.5, 0.6) is 11.5 Å². The fourth-order valence-electron chi connectivity index (χ4n) is 2.25. The summed E-state index contributed by atoms with van der Waals surface area (Å²) in [6.07, 6.45) is 3.36. The van der Waals surface area contributed by atoms with E-state index in [0.717, 1.165) is 22.6 Å². The summed E-state index contributed by atoms with van der Waals surface area (Å²) < 4.78 is 24.7. The minimum absolute atomic E-state index is 0.262. The molecule has 0 radical (unpaired) electrons. The van der Waals surface area contributed by atoms with Gasteiger partial charge in [-0.2, -0.15) is 0 Å². The topological polar surface area (TPSA) is 31.4 Å². The maximum absolute atomic E-state index is 13.9. The fraction of sp³-hybridized carbons (Fsp3) is 0.105. The van der Waals surface area contributed by atoms with Crippen LogP contribution in [0.1, 0.15) is 5.56 Å². The van der Waals surface area contributed by atoms with Gasteiger partial charge in [0.15, 0.2) is 0 Å². The largest absolute Gasteiger partial charge is 0.497 e. The summed E-state index contributed by atoms with van der Waals surface area (Å²) in [6.45, 7) is 0.363. The summed E-state index contributed by atoms with van der Waals surface area (Å²) in [5.74, 6) is 1.25. The summed E-state index contributed by atoms with van der Waals surface area (Å²) >= 11 is 0. The van der Waals surface area contributed by atoms with Crippen LogP contribution in [-0.4, -0.2) is 12.1 Å². The fourth-order valence-corrected chi connectivity index (χ4v) is 2.25. The zero-order chi connectivity index (χ0) is 16.1. The van der Waals surface area contributed by atoms with Crippen LogP contribution in [0.2, 0.25) is 0 Å². The summed E-state index contributed by atoms with van der Waals surface area (Å²) in [4.78, 5) is 4.18. The Bertz CT molecular complexity index is 787. The SMILES string of the molecule is COc1ccc(OCc2cncc(-c3ccccc3F)c2)cc1. The molecule has 0 N–H and O–H groups in total. The summed E-state index contributed by atoms with van der Waals surface area (Å²) in [5, 5.41) is 0. The number of aromatic nitrogens is 1. The van der Waals surface area contributed by atoms with E-state index in [9.17, 15) is 4.39 Å². The third-order valence-corrected chi connectivity index (χ3v) is 3.44. The molecule has 0 spiro atoms. The van der Waals surface area contributed by atoms with Gasteiger partial charge in [-0.05, 0) is 36.4 Å². The van der Waals surface area contributed by atoms with Gasteiger partial charge in [-0.3, -0.25) is 4.98 Å². The molecule has 1 aromatic heterocycles. The first-order chi connectivity index (χ1) is 11.3. The number of pyridine rings is 1. The van der Waals surface area contributed by atoms with Crippen molar-refractivity contribution in [3.05, 3.63) is 78.4 Å². The highest BCUT2D eigenvalue weighted by Gasteiger charge is 2.06. The minimum atomic E-state index is -0.262. The molecule has 0 saturated carbocycles. The average Bonchev–Trinajstić information content (AvgIpc) is 2.61. The van der Waals surface area contributed by atoms with Crippen LogP contribution in [0.15, 0.2) is 67.0 Å². The van der Waals surface area contributed by atoms with Crippen LogP contribution in [0.4, 0.5) is 4.39 Å². The van der Waals surface area contributed by atoms with Gasteiger partial charge in [-0.15, -0.1) is 0 Å². The lowest BCUT2D eigenvalue weighted by Gasteiger charge is -2.09. The molecule has 0 unspecified atom stereocenters. The number of methoxy groups -OCH3 is 1. The molecular formula is C19H16FNO2. The van der Waals surface area contributed by atoms with Gasteiger partial charge in [0.05, 0.1) is 7.11 Å². The first-order valence-corrected chi connectivity index (χ1v) is 7.22. The van der Waals surface area contributed by atoms with Crippen molar-refractivity contribution >= 4 is 0 Å². The monoisotopic (exact) mass is 309 g/mol. The second kappa shape index (κ2) is 6.92. The number of halogens is 1. The first kappa shape index (κ1) is 15.0. The Morgan fingerprint density at radius 1 is 0.957 bits per heavy atom. The number of benzene rings is 2. The van der Waals surface area contributed by atoms with Gasteiger partial charge < -0.3 is 9.47 Å². The molecule has 0 atom stereocenters. The number of ether oxygens (including phenoxy) is 2. The Hall–Kier alpha value is -2.88. The third-order valence-electron chi connectivity index (χ3n) is 3.44. The highest BCUT2D eigenvalue weighted by molar-refractivity contribution is 5.63. The van der Waals surface area contributed by atoms with Crippen LogP contribution < -0.4 is 9.47 Å². The molecule has 0 saturated heterocycles. The lowest BCUT2D eigenvalue weighted by Crippen LogP contribution is -1.97. The van der Waals surface area contributed by atoms with E-state index in [1.54, 1.807) is 37.7 Å². The molecule has 3 rings (SSSR count). The molecule has 3 aromatic rings. The highest BCUT2D eigenvalue weighted by Crippen LogP contribution is 2.23. The van der Waals surface area contributed by atoms with Crippen LogP contribution >= 0.6 is 0 Å². The molecular weight excluding hydrogens is 293 g/mol. The number of hydrogen-bond acceptors (Lipinski definition) is 3. The van der Waals surface area contributed by atoms with E-state index in [2.05, 4.69) is 4.98 Å². The van der Waals surface area contributed by atoms with Crippen LogP contribution in [0, 0.1) is 5.82 Å². The van der Waals surface area contributed by atoms with Crippen molar-refractivity contribution in [2.75, 3.05) is 7.11 Å². The van der Waals surface area contributed by atoms with Crippen LogP contribution in [0.3, 0.4) is 0 Å². The molecule has 0 bridgehead atoms. The molecule has 2 aromatic carbocycles. The molecule has 0 amide bonds. The van der Waals surface area contributed by atoms with Crippen molar-refractivity contribution in [2.45, 2.75) is 6.61 Å². The maximum atomic E-state index is 13.9. The molecule has 4 heteroatoms. The standard InChI is InChI=1S/C19H16FNO2/c1-22-16-6-8-17(9-7-16)23-13-14-10-15(12-21-11-14)18-4-2-3-5-19(18)20/h2-12H,13H2,1H3. The summed E-state index contributed by atoms with van der Waals surface area (Å²) in [5.41, 5.74) is 2.15. The van der Waals surface area contributed by atoms with Gasteiger partial charge in [-0.25, -0.2) is 4.39 Å². The molecule has 3 nitrogen and oxygen atoms in total. The van der Waals surface area contributed by atoms with E-state index in [0.29, 0.717) is 12.2 Å². The third kappa shape index (κ3) is 3.66. The molecule has 116 valence electrons. The Balaban J connectivity index is 1.74. The second-order valence-electron chi connectivity index (χ2n) is 5.03. The molecule has 0 fully saturated rings. The lowest BCUT2D eigenvalue weighted by molar-refractivity contribution is 0.305. The molecule has 0 aliphatic rings. The Kier molecular flexibility index (Phi) is 4.52. The van der Waals surface area contributed by atoms with Gasteiger partial charge in [0.1, 0.15) is 23.9 Å². The summed E-state index contributed by atoms with van der Waals surface area (Å²) in [7, 11) is 1.62. The maximum Gasteiger partial charge on any atom is 0.131 e. The van der Waals surface area contributed by atoms with E-state index in [1.165, 1.54) is 6.07 Å². The number of hydrogen-bond donors (Lipinski definition) is 0. The van der Waals surface area contributed by atoms with Gasteiger partial charge in [0.2, 0.25) is 0 Å². The Morgan fingerprint density at radius 2 is 1.70 bits per heavy atom. The number of rotatable bonds is 5. The van der Waals surface area contributed by atoms with Gasteiger partial charge in [0, 0.05) is 29.1 Å². The summed E-state index contributed by atoms with van der Waals surface area (Å²) in [6, 6.07) is 15.9. The van der Waals surface area contributed by atoms with Crippen molar-refractivity contribution in [3.8, 4) is 22.6 Å². The van der Waals surface area contributed by atoms with Crippen molar-refractivity contribution in [1.82, 2.24) is 4.98 Å². The van der Waals surface area contributed by atoms with Crippen molar-refractivity contribution in [2.24, 2.45) is 0 Å².